The Morgan fingerprint density at radius 1 is 0.750 bits per heavy atom. The van der Waals surface area contributed by atoms with Crippen LogP contribution in [0.15, 0.2) is 10.4 Å². The summed E-state index contributed by atoms with van der Waals surface area (Å²) >= 11 is -2.29. The van der Waals surface area contributed by atoms with Gasteiger partial charge >= 0.3 is 132 Å². The van der Waals surface area contributed by atoms with Gasteiger partial charge in [0, 0.05) is 0 Å². The molecular formula is C18H38OSn. The molecule has 0 aromatic rings. The monoisotopic (exact) mass is 390 g/mol. The van der Waals surface area contributed by atoms with Gasteiger partial charge in [0.2, 0.25) is 0 Å². The van der Waals surface area contributed by atoms with Gasteiger partial charge in [0.15, 0.2) is 0 Å². The van der Waals surface area contributed by atoms with Gasteiger partial charge in [-0.1, -0.05) is 0 Å². The first kappa shape index (κ1) is 20.3. The van der Waals surface area contributed by atoms with Crippen LogP contribution in [0.2, 0.25) is 13.3 Å². The molecule has 0 aliphatic carbocycles. The molecule has 0 aromatic heterocycles. The molecule has 2 heteroatoms. The first-order valence-corrected chi connectivity index (χ1v) is 16.5. The molecule has 0 aromatic carbocycles. The Morgan fingerprint density at radius 2 is 1.15 bits per heavy atom. The summed E-state index contributed by atoms with van der Waals surface area (Å²) < 4.78 is 11.8. The summed E-state index contributed by atoms with van der Waals surface area (Å²) in [5.74, 6) is 0. The summed E-state index contributed by atoms with van der Waals surface area (Å²) in [6.45, 7) is 14.5. The van der Waals surface area contributed by atoms with Crippen LogP contribution in [0.25, 0.3) is 0 Å². The van der Waals surface area contributed by atoms with Crippen molar-refractivity contribution in [1.29, 1.82) is 0 Å². The van der Waals surface area contributed by atoms with E-state index < -0.39 is 18.4 Å². The van der Waals surface area contributed by atoms with Gasteiger partial charge in [-0.2, -0.15) is 0 Å². The Labute approximate surface area is 132 Å². The van der Waals surface area contributed by atoms with E-state index in [-0.39, 0.29) is 0 Å². The Bertz CT molecular complexity index is 216. The van der Waals surface area contributed by atoms with Crippen molar-refractivity contribution in [2.45, 2.75) is 92.4 Å². The fourth-order valence-electron chi connectivity index (χ4n) is 2.83. The Balaban J connectivity index is 4.76. The van der Waals surface area contributed by atoms with Gasteiger partial charge in [-0.25, -0.2) is 0 Å². The summed E-state index contributed by atoms with van der Waals surface area (Å²) in [5.41, 5.74) is 0. The van der Waals surface area contributed by atoms with Crippen LogP contribution in [0, 0.1) is 0 Å². The van der Waals surface area contributed by atoms with Gasteiger partial charge in [0.1, 0.15) is 0 Å². The zero-order chi connectivity index (χ0) is 15.3. The van der Waals surface area contributed by atoms with Gasteiger partial charge in [-0.3, -0.25) is 0 Å². The summed E-state index contributed by atoms with van der Waals surface area (Å²) in [6, 6.07) is 0. The van der Waals surface area contributed by atoms with Crippen molar-refractivity contribution in [2.24, 2.45) is 0 Å². The molecule has 0 saturated heterocycles. The molecule has 0 amide bonds. The molecule has 0 rings (SSSR count). The zero-order valence-electron chi connectivity index (χ0n) is 14.6. The molecular weight excluding hydrogens is 351 g/mol. The first-order valence-electron chi connectivity index (χ1n) is 8.99. The number of rotatable bonds is 14. The molecule has 0 atom stereocenters. The molecule has 1 nitrogen and oxygen atoms in total. The average Bonchev–Trinajstić information content (AvgIpc) is 2.47. The predicted octanol–water partition coefficient (Wildman–Crippen LogP) is 6.71. The van der Waals surface area contributed by atoms with Crippen LogP contribution in [0.5, 0.6) is 0 Å². The molecule has 0 heterocycles. The Morgan fingerprint density at radius 3 is 1.50 bits per heavy atom. The summed E-state index contributed by atoms with van der Waals surface area (Å²) in [6.07, 6.45) is 10.5. The van der Waals surface area contributed by atoms with E-state index in [2.05, 4.69) is 34.3 Å². The van der Waals surface area contributed by atoms with E-state index in [4.69, 9.17) is 4.74 Å². The molecule has 0 spiro atoms. The third-order valence-electron chi connectivity index (χ3n) is 4.39. The van der Waals surface area contributed by atoms with E-state index >= 15 is 0 Å². The molecule has 120 valence electrons. The van der Waals surface area contributed by atoms with Crippen LogP contribution < -0.4 is 0 Å². The molecule has 20 heavy (non-hydrogen) atoms. The Kier molecular flexibility index (Phi) is 13.3. The minimum atomic E-state index is -2.29. The van der Waals surface area contributed by atoms with Crippen molar-refractivity contribution in [3.63, 3.8) is 0 Å². The normalized spacial score (nSPS) is 11.6. The maximum atomic E-state index is 6.14. The van der Waals surface area contributed by atoms with Gasteiger partial charge in [-0.05, 0) is 0 Å². The van der Waals surface area contributed by atoms with Crippen LogP contribution in [0.1, 0.15) is 79.1 Å². The fourth-order valence-corrected chi connectivity index (χ4v) is 17.3. The van der Waals surface area contributed by atoms with Crippen molar-refractivity contribution < 1.29 is 4.74 Å². The molecule has 0 bridgehead atoms. The fraction of sp³-hybridized carbons (Fsp3) is 0.889. The predicted molar refractivity (Wildman–Crippen MR) is 94.9 cm³/mol. The Hall–Kier alpha value is 0.339. The molecule has 0 aliphatic rings. The SMILES string of the molecule is C=[C](OCCCC)[Sn]([CH2]CCC)([CH2]CCC)[CH2]CCC. The average molecular weight is 389 g/mol. The topological polar surface area (TPSA) is 9.23 Å². The summed E-state index contributed by atoms with van der Waals surface area (Å²) in [5, 5.41) is 0. The zero-order valence-corrected chi connectivity index (χ0v) is 17.5. The van der Waals surface area contributed by atoms with Crippen molar-refractivity contribution in [3.05, 3.63) is 10.4 Å². The molecule has 0 saturated carbocycles. The molecule has 0 N–H and O–H groups in total. The summed E-state index contributed by atoms with van der Waals surface area (Å²) in [4.78, 5) is 0. The van der Waals surface area contributed by atoms with E-state index in [1.165, 1.54) is 68.5 Å². The van der Waals surface area contributed by atoms with Crippen molar-refractivity contribution in [1.82, 2.24) is 0 Å². The van der Waals surface area contributed by atoms with E-state index in [0.717, 1.165) is 6.61 Å². The van der Waals surface area contributed by atoms with Crippen LogP contribution in [0.4, 0.5) is 0 Å². The second-order valence-corrected chi connectivity index (χ2v) is 19.4. The quantitative estimate of drug-likeness (QED) is 0.182. The maximum absolute atomic E-state index is 6.14. The second-order valence-electron chi connectivity index (χ2n) is 6.22. The van der Waals surface area contributed by atoms with Crippen molar-refractivity contribution >= 4 is 18.4 Å². The second kappa shape index (κ2) is 13.0. The third-order valence-corrected chi connectivity index (χ3v) is 19.4. The molecule has 0 radical (unpaired) electrons. The third kappa shape index (κ3) is 7.95. The van der Waals surface area contributed by atoms with Crippen LogP contribution >= 0.6 is 0 Å². The molecule has 0 aliphatic heterocycles. The van der Waals surface area contributed by atoms with E-state index in [1.54, 1.807) is 0 Å². The van der Waals surface area contributed by atoms with E-state index in [0.29, 0.717) is 0 Å². The van der Waals surface area contributed by atoms with E-state index in [9.17, 15) is 0 Å². The van der Waals surface area contributed by atoms with Gasteiger partial charge in [0.25, 0.3) is 0 Å². The van der Waals surface area contributed by atoms with Gasteiger partial charge < -0.3 is 0 Å². The molecule has 0 fully saturated rings. The summed E-state index contributed by atoms with van der Waals surface area (Å²) in [7, 11) is 0. The van der Waals surface area contributed by atoms with Crippen molar-refractivity contribution in [3.8, 4) is 0 Å². The van der Waals surface area contributed by atoms with Crippen LogP contribution in [-0.4, -0.2) is 25.0 Å². The first-order chi connectivity index (χ1) is 9.66. The van der Waals surface area contributed by atoms with Gasteiger partial charge in [-0.15, -0.1) is 0 Å². The van der Waals surface area contributed by atoms with E-state index in [1.807, 2.05) is 0 Å². The molecule has 0 unspecified atom stereocenters. The number of unbranched alkanes of at least 4 members (excludes halogenated alkanes) is 4. The van der Waals surface area contributed by atoms with Crippen LogP contribution in [0.3, 0.4) is 0 Å². The van der Waals surface area contributed by atoms with Gasteiger partial charge in [0.05, 0.1) is 0 Å². The van der Waals surface area contributed by atoms with Crippen LogP contribution in [-0.2, 0) is 4.74 Å². The number of hydrogen-bond donors (Lipinski definition) is 0. The number of ether oxygens (including phenoxy) is 1. The number of hydrogen-bond acceptors (Lipinski definition) is 1. The minimum absolute atomic E-state index is 0.901. The standard InChI is InChI=1S/C6H11O.3C4H9.Sn/c1-3-5-6-7-4-2;3*1-3-4-2;/h2-3,5-6H2,1H3;3*1,3-4H2,2H3;. The van der Waals surface area contributed by atoms with Crippen molar-refractivity contribution in [2.75, 3.05) is 6.61 Å².